The molecule has 1 N–H and O–H groups in total. The molecule has 2 aliphatic rings. The monoisotopic (exact) mass is 278 g/mol. The first-order chi connectivity index (χ1) is 9.66. The highest BCUT2D eigenvalue weighted by Gasteiger charge is 2.33. The van der Waals surface area contributed by atoms with Crippen molar-refractivity contribution >= 4 is 5.91 Å². The molecule has 0 aliphatic carbocycles. The van der Waals surface area contributed by atoms with Crippen molar-refractivity contribution in [1.82, 2.24) is 20.3 Å². The topological polar surface area (TPSA) is 61.6 Å². The van der Waals surface area contributed by atoms with Gasteiger partial charge >= 0.3 is 0 Å². The Morgan fingerprint density at radius 2 is 2.05 bits per heavy atom. The standard InChI is InChI=1S/C14H22N4O2/c1-10-13(11(2)20-16-10)14(19)18-6-3-12(9-18)17-7-4-15-5-8-17/h12,15H,3-9H2,1-2H3. The third kappa shape index (κ3) is 2.45. The summed E-state index contributed by atoms with van der Waals surface area (Å²) in [7, 11) is 0. The van der Waals surface area contributed by atoms with Crippen molar-refractivity contribution in [3.63, 3.8) is 0 Å². The molecule has 1 amide bonds. The van der Waals surface area contributed by atoms with E-state index < -0.39 is 0 Å². The van der Waals surface area contributed by atoms with E-state index in [1.165, 1.54) is 0 Å². The second-order valence-corrected chi connectivity index (χ2v) is 5.68. The van der Waals surface area contributed by atoms with Crippen LogP contribution in [0.2, 0.25) is 0 Å². The van der Waals surface area contributed by atoms with Gasteiger partial charge in [-0.2, -0.15) is 0 Å². The minimum Gasteiger partial charge on any atom is -0.361 e. The summed E-state index contributed by atoms with van der Waals surface area (Å²) in [6.07, 6.45) is 1.06. The highest BCUT2D eigenvalue weighted by Crippen LogP contribution is 2.21. The first-order valence-electron chi connectivity index (χ1n) is 7.33. The number of hydrogen-bond acceptors (Lipinski definition) is 5. The molecular weight excluding hydrogens is 256 g/mol. The van der Waals surface area contributed by atoms with Crippen LogP contribution in [0, 0.1) is 13.8 Å². The Hall–Kier alpha value is -1.40. The molecule has 1 atom stereocenters. The average Bonchev–Trinajstić information content (AvgIpc) is 3.07. The fourth-order valence-electron chi connectivity index (χ4n) is 3.22. The number of likely N-dealkylation sites (tertiary alicyclic amines) is 1. The Bertz CT molecular complexity index is 474. The van der Waals surface area contributed by atoms with Crippen molar-refractivity contribution in [2.45, 2.75) is 26.3 Å². The van der Waals surface area contributed by atoms with Gasteiger partial charge in [-0.3, -0.25) is 9.69 Å². The third-order valence-electron chi connectivity index (χ3n) is 4.37. The van der Waals surface area contributed by atoms with E-state index in [-0.39, 0.29) is 5.91 Å². The van der Waals surface area contributed by atoms with Crippen LogP contribution < -0.4 is 5.32 Å². The van der Waals surface area contributed by atoms with Crippen LogP contribution in [0.1, 0.15) is 28.2 Å². The van der Waals surface area contributed by atoms with Gasteiger partial charge in [0.15, 0.2) is 0 Å². The lowest BCUT2D eigenvalue weighted by Gasteiger charge is -2.32. The smallest absolute Gasteiger partial charge is 0.259 e. The van der Waals surface area contributed by atoms with Gasteiger partial charge in [0, 0.05) is 45.3 Å². The minimum atomic E-state index is 0.0684. The number of carbonyl (C=O) groups is 1. The number of nitrogens with zero attached hydrogens (tertiary/aromatic N) is 3. The first-order valence-corrected chi connectivity index (χ1v) is 7.33. The number of rotatable bonds is 2. The zero-order chi connectivity index (χ0) is 14.1. The molecule has 0 saturated carbocycles. The largest absolute Gasteiger partial charge is 0.361 e. The molecule has 1 aromatic rings. The van der Waals surface area contributed by atoms with Crippen LogP contribution in [-0.2, 0) is 0 Å². The molecule has 1 aromatic heterocycles. The number of hydrogen-bond donors (Lipinski definition) is 1. The number of amides is 1. The van der Waals surface area contributed by atoms with Crippen molar-refractivity contribution in [1.29, 1.82) is 0 Å². The lowest BCUT2D eigenvalue weighted by molar-refractivity contribution is 0.0771. The van der Waals surface area contributed by atoms with Crippen LogP contribution in [-0.4, -0.2) is 66.2 Å². The zero-order valence-electron chi connectivity index (χ0n) is 12.2. The highest BCUT2D eigenvalue weighted by molar-refractivity contribution is 5.96. The second kappa shape index (κ2) is 5.54. The van der Waals surface area contributed by atoms with Gasteiger partial charge < -0.3 is 14.7 Å². The second-order valence-electron chi connectivity index (χ2n) is 5.68. The molecule has 20 heavy (non-hydrogen) atoms. The van der Waals surface area contributed by atoms with Gasteiger partial charge in [0.25, 0.3) is 5.91 Å². The lowest BCUT2D eigenvalue weighted by Crippen LogP contribution is -2.49. The molecule has 2 saturated heterocycles. The van der Waals surface area contributed by atoms with E-state index in [0.717, 1.165) is 45.7 Å². The van der Waals surface area contributed by atoms with Gasteiger partial charge in [0.1, 0.15) is 11.3 Å². The molecule has 110 valence electrons. The maximum Gasteiger partial charge on any atom is 0.259 e. The third-order valence-corrected chi connectivity index (χ3v) is 4.37. The average molecular weight is 278 g/mol. The fraction of sp³-hybridized carbons (Fsp3) is 0.714. The number of aryl methyl sites for hydroxylation is 2. The van der Waals surface area contributed by atoms with Crippen molar-refractivity contribution < 1.29 is 9.32 Å². The molecule has 0 bridgehead atoms. The van der Waals surface area contributed by atoms with Crippen LogP contribution in [0.15, 0.2) is 4.52 Å². The SMILES string of the molecule is Cc1noc(C)c1C(=O)N1CCC(N2CCNCC2)C1. The van der Waals surface area contributed by atoms with Gasteiger partial charge in [-0.25, -0.2) is 0 Å². The summed E-state index contributed by atoms with van der Waals surface area (Å²) in [5.74, 6) is 0.692. The van der Waals surface area contributed by atoms with E-state index in [2.05, 4.69) is 15.4 Å². The fourth-order valence-corrected chi connectivity index (χ4v) is 3.22. The molecular formula is C14H22N4O2. The Kier molecular flexibility index (Phi) is 3.76. The summed E-state index contributed by atoms with van der Waals surface area (Å²) in [5, 5.41) is 7.24. The Balaban J connectivity index is 1.66. The van der Waals surface area contributed by atoms with E-state index in [9.17, 15) is 4.79 Å². The predicted octanol–water partition coefficient (Wildman–Crippen LogP) is 0.411. The molecule has 6 nitrogen and oxygen atoms in total. The summed E-state index contributed by atoms with van der Waals surface area (Å²) in [6, 6.07) is 0.501. The molecule has 1 unspecified atom stereocenters. The van der Waals surface area contributed by atoms with Gasteiger partial charge in [0.2, 0.25) is 0 Å². The van der Waals surface area contributed by atoms with Crippen LogP contribution in [0.4, 0.5) is 0 Å². The zero-order valence-corrected chi connectivity index (χ0v) is 12.2. The lowest BCUT2D eigenvalue weighted by atomic mass is 10.2. The van der Waals surface area contributed by atoms with Crippen LogP contribution >= 0.6 is 0 Å². The Labute approximate surface area is 119 Å². The van der Waals surface area contributed by atoms with Gasteiger partial charge in [0.05, 0.1) is 5.69 Å². The molecule has 6 heteroatoms. The van der Waals surface area contributed by atoms with E-state index in [1.807, 2.05) is 11.8 Å². The molecule has 0 aromatic carbocycles. The van der Waals surface area contributed by atoms with E-state index in [4.69, 9.17) is 4.52 Å². The van der Waals surface area contributed by atoms with Crippen molar-refractivity contribution in [2.75, 3.05) is 39.3 Å². The molecule has 2 fully saturated rings. The number of nitrogens with one attached hydrogen (secondary N) is 1. The van der Waals surface area contributed by atoms with Crippen LogP contribution in [0.25, 0.3) is 0 Å². The maximum atomic E-state index is 12.6. The normalized spacial score (nSPS) is 24.3. The first kappa shape index (κ1) is 13.6. The number of piperazine rings is 1. The van der Waals surface area contributed by atoms with Crippen LogP contribution in [0.3, 0.4) is 0 Å². The van der Waals surface area contributed by atoms with E-state index >= 15 is 0 Å². The quantitative estimate of drug-likeness (QED) is 0.849. The molecule has 0 spiro atoms. The van der Waals surface area contributed by atoms with E-state index in [1.54, 1.807) is 6.92 Å². The summed E-state index contributed by atoms with van der Waals surface area (Å²) in [4.78, 5) is 17.0. The molecule has 0 radical (unpaired) electrons. The molecule has 3 heterocycles. The predicted molar refractivity (Wildman–Crippen MR) is 74.7 cm³/mol. The van der Waals surface area contributed by atoms with Crippen molar-refractivity contribution in [3.05, 3.63) is 17.0 Å². The van der Waals surface area contributed by atoms with Gasteiger partial charge in [-0.15, -0.1) is 0 Å². The van der Waals surface area contributed by atoms with E-state index in [0.29, 0.717) is 23.1 Å². The van der Waals surface area contributed by atoms with Gasteiger partial charge in [-0.1, -0.05) is 5.16 Å². The Morgan fingerprint density at radius 3 is 2.70 bits per heavy atom. The summed E-state index contributed by atoms with van der Waals surface area (Å²) < 4.78 is 5.10. The van der Waals surface area contributed by atoms with Crippen molar-refractivity contribution in [2.24, 2.45) is 0 Å². The number of aromatic nitrogens is 1. The summed E-state index contributed by atoms with van der Waals surface area (Å²) in [6.45, 7) is 9.55. The molecule has 3 rings (SSSR count). The summed E-state index contributed by atoms with van der Waals surface area (Å²) >= 11 is 0. The summed E-state index contributed by atoms with van der Waals surface area (Å²) in [5.41, 5.74) is 1.34. The van der Waals surface area contributed by atoms with Gasteiger partial charge in [-0.05, 0) is 20.3 Å². The van der Waals surface area contributed by atoms with Crippen LogP contribution in [0.5, 0.6) is 0 Å². The number of carbonyl (C=O) groups excluding carboxylic acids is 1. The Morgan fingerprint density at radius 1 is 1.30 bits per heavy atom. The maximum absolute atomic E-state index is 12.6. The molecule has 2 aliphatic heterocycles. The highest BCUT2D eigenvalue weighted by atomic mass is 16.5. The minimum absolute atomic E-state index is 0.0684. The van der Waals surface area contributed by atoms with Crippen molar-refractivity contribution in [3.8, 4) is 0 Å².